The molecule has 0 unspecified atom stereocenters. The van der Waals surface area contributed by atoms with Crippen LogP contribution in [0, 0.1) is 0 Å². The van der Waals surface area contributed by atoms with Crippen LogP contribution in [0.5, 0.6) is 11.5 Å². The largest absolute Gasteiger partial charge is 0.483 e. The van der Waals surface area contributed by atoms with Crippen LogP contribution in [0.25, 0.3) is 11.3 Å². The van der Waals surface area contributed by atoms with Gasteiger partial charge in [0.2, 0.25) is 0 Å². The summed E-state index contributed by atoms with van der Waals surface area (Å²) < 4.78 is 11.7. The summed E-state index contributed by atoms with van der Waals surface area (Å²) in [6.07, 6.45) is 0.833. The van der Waals surface area contributed by atoms with Crippen LogP contribution in [-0.2, 0) is 17.8 Å². The monoisotopic (exact) mass is 394 g/mol. The molecule has 1 N–H and O–H groups in total. The molecule has 0 saturated heterocycles. The van der Waals surface area contributed by atoms with Gasteiger partial charge in [-0.2, -0.15) is 0 Å². The molecule has 6 heteroatoms. The highest BCUT2D eigenvalue weighted by atomic mass is 32.1. The number of aromatic nitrogens is 1. The molecular weight excluding hydrogens is 372 g/mol. The topological polar surface area (TPSA) is 60.5 Å². The number of carbonyl (C=O) groups excluding carboxylic acids is 1. The minimum absolute atomic E-state index is 0.0584. The van der Waals surface area contributed by atoms with Crippen molar-refractivity contribution in [3.05, 3.63) is 64.5 Å². The molecule has 0 aliphatic carbocycles. The molecule has 0 radical (unpaired) electrons. The standard InChI is InChI=1S/C22H22N2O3S/c1-22(2)11-16-9-6-10-18(21(16)27-22)26-13-19(25)23-12-20-24-17(14-28-20)15-7-4-3-5-8-15/h3-10,14H,11-13H2,1-2H3,(H,23,25). The first kappa shape index (κ1) is 18.5. The Kier molecular flexibility index (Phi) is 5.05. The molecule has 1 amide bonds. The predicted octanol–water partition coefficient (Wildman–Crippen LogP) is 4.22. The van der Waals surface area contributed by atoms with Crippen LogP contribution < -0.4 is 14.8 Å². The molecule has 0 spiro atoms. The van der Waals surface area contributed by atoms with Crippen LogP contribution in [-0.4, -0.2) is 23.1 Å². The second-order valence-electron chi connectivity index (χ2n) is 7.34. The lowest BCUT2D eigenvalue weighted by Gasteiger charge is -2.18. The SMILES string of the molecule is CC1(C)Cc2cccc(OCC(=O)NCc3nc(-c4ccccc4)cs3)c2O1. The van der Waals surface area contributed by atoms with Crippen molar-refractivity contribution in [2.75, 3.05) is 6.61 Å². The van der Waals surface area contributed by atoms with Crippen LogP contribution in [0.3, 0.4) is 0 Å². The van der Waals surface area contributed by atoms with E-state index in [0.717, 1.165) is 34.0 Å². The number of benzene rings is 2. The van der Waals surface area contributed by atoms with Crippen LogP contribution >= 0.6 is 11.3 Å². The van der Waals surface area contributed by atoms with Gasteiger partial charge in [0.1, 0.15) is 10.6 Å². The van der Waals surface area contributed by atoms with Crippen molar-refractivity contribution < 1.29 is 14.3 Å². The first-order valence-electron chi connectivity index (χ1n) is 9.20. The number of thiazole rings is 1. The number of fused-ring (bicyclic) bond motifs is 1. The maximum atomic E-state index is 12.2. The molecule has 144 valence electrons. The number of amides is 1. The van der Waals surface area contributed by atoms with E-state index in [1.54, 1.807) is 0 Å². The summed E-state index contributed by atoms with van der Waals surface area (Å²) in [5.41, 5.74) is 2.86. The lowest BCUT2D eigenvalue weighted by Crippen LogP contribution is -2.28. The molecule has 28 heavy (non-hydrogen) atoms. The van der Waals surface area contributed by atoms with E-state index in [1.807, 2.05) is 67.8 Å². The third kappa shape index (κ3) is 4.17. The fourth-order valence-corrected chi connectivity index (χ4v) is 3.95. The van der Waals surface area contributed by atoms with E-state index in [-0.39, 0.29) is 18.1 Å². The third-order valence-electron chi connectivity index (χ3n) is 4.47. The van der Waals surface area contributed by atoms with E-state index in [0.29, 0.717) is 12.3 Å². The summed E-state index contributed by atoms with van der Waals surface area (Å²) in [6, 6.07) is 15.8. The number of para-hydroxylation sites is 1. The highest BCUT2D eigenvalue weighted by Crippen LogP contribution is 2.41. The lowest BCUT2D eigenvalue weighted by atomic mass is 10.0. The normalized spacial score (nSPS) is 14.2. The highest BCUT2D eigenvalue weighted by molar-refractivity contribution is 7.09. The van der Waals surface area contributed by atoms with E-state index < -0.39 is 0 Å². The van der Waals surface area contributed by atoms with Crippen LogP contribution in [0.2, 0.25) is 0 Å². The Labute approximate surface area is 168 Å². The Morgan fingerprint density at radius 2 is 2.04 bits per heavy atom. The quantitative estimate of drug-likeness (QED) is 0.680. The highest BCUT2D eigenvalue weighted by Gasteiger charge is 2.32. The van der Waals surface area contributed by atoms with Crippen molar-refractivity contribution >= 4 is 17.2 Å². The fourth-order valence-electron chi connectivity index (χ4n) is 3.20. The van der Waals surface area contributed by atoms with Gasteiger partial charge >= 0.3 is 0 Å². The van der Waals surface area contributed by atoms with Gasteiger partial charge in [-0.25, -0.2) is 4.98 Å². The van der Waals surface area contributed by atoms with E-state index in [9.17, 15) is 4.79 Å². The molecule has 0 fully saturated rings. The lowest BCUT2D eigenvalue weighted by molar-refractivity contribution is -0.123. The van der Waals surface area contributed by atoms with Gasteiger partial charge in [-0.15, -0.1) is 11.3 Å². The number of ether oxygens (including phenoxy) is 2. The van der Waals surface area contributed by atoms with Gasteiger partial charge < -0.3 is 14.8 Å². The molecule has 0 bridgehead atoms. The summed E-state index contributed by atoms with van der Waals surface area (Å²) in [6.45, 7) is 4.41. The van der Waals surface area contributed by atoms with Gasteiger partial charge in [-0.3, -0.25) is 4.79 Å². The second-order valence-corrected chi connectivity index (χ2v) is 8.28. The Balaban J connectivity index is 1.31. The van der Waals surface area contributed by atoms with Crippen LogP contribution in [0.1, 0.15) is 24.4 Å². The molecular formula is C22H22N2O3S. The van der Waals surface area contributed by atoms with Gasteiger partial charge in [-0.05, 0) is 19.9 Å². The summed E-state index contributed by atoms with van der Waals surface area (Å²) >= 11 is 1.53. The number of hydrogen-bond donors (Lipinski definition) is 1. The van der Waals surface area contributed by atoms with Crippen molar-refractivity contribution in [2.24, 2.45) is 0 Å². The molecule has 3 aromatic rings. The zero-order valence-corrected chi connectivity index (χ0v) is 16.7. The molecule has 4 rings (SSSR count). The Bertz CT molecular complexity index is 982. The van der Waals surface area contributed by atoms with Gasteiger partial charge in [0.25, 0.3) is 5.91 Å². The van der Waals surface area contributed by atoms with Crippen molar-refractivity contribution in [3.63, 3.8) is 0 Å². The second kappa shape index (κ2) is 7.64. The summed E-state index contributed by atoms with van der Waals surface area (Å²) in [5, 5.41) is 5.72. The first-order chi connectivity index (χ1) is 13.5. The molecule has 2 heterocycles. The molecule has 1 aromatic heterocycles. The maximum absolute atomic E-state index is 12.2. The Morgan fingerprint density at radius 1 is 1.21 bits per heavy atom. The molecule has 0 saturated carbocycles. The number of hydrogen-bond acceptors (Lipinski definition) is 5. The van der Waals surface area contributed by atoms with E-state index in [1.165, 1.54) is 11.3 Å². The number of nitrogens with one attached hydrogen (secondary N) is 1. The molecule has 1 aliphatic rings. The van der Waals surface area contributed by atoms with Gasteiger partial charge in [0, 0.05) is 22.9 Å². The molecule has 0 atom stereocenters. The molecule has 5 nitrogen and oxygen atoms in total. The van der Waals surface area contributed by atoms with Crippen LogP contribution in [0.4, 0.5) is 0 Å². The summed E-state index contributed by atoms with van der Waals surface area (Å²) in [7, 11) is 0. The van der Waals surface area contributed by atoms with Gasteiger partial charge in [0.05, 0.1) is 12.2 Å². The predicted molar refractivity (Wildman–Crippen MR) is 110 cm³/mol. The molecule has 2 aromatic carbocycles. The number of rotatable bonds is 6. The van der Waals surface area contributed by atoms with Gasteiger partial charge in [0.15, 0.2) is 18.1 Å². The zero-order chi connectivity index (χ0) is 19.6. The average Bonchev–Trinajstić information content (AvgIpc) is 3.28. The minimum Gasteiger partial charge on any atom is -0.483 e. The maximum Gasteiger partial charge on any atom is 0.258 e. The van der Waals surface area contributed by atoms with Gasteiger partial charge in [-0.1, -0.05) is 42.5 Å². The van der Waals surface area contributed by atoms with E-state index >= 15 is 0 Å². The number of nitrogens with zero attached hydrogens (tertiary/aromatic N) is 1. The molecule has 1 aliphatic heterocycles. The van der Waals surface area contributed by atoms with Crippen molar-refractivity contribution in [1.29, 1.82) is 0 Å². The first-order valence-corrected chi connectivity index (χ1v) is 10.1. The third-order valence-corrected chi connectivity index (χ3v) is 5.32. The fraction of sp³-hybridized carbons (Fsp3) is 0.273. The van der Waals surface area contributed by atoms with Crippen molar-refractivity contribution in [1.82, 2.24) is 10.3 Å². The number of carbonyl (C=O) groups is 1. The smallest absolute Gasteiger partial charge is 0.258 e. The minimum atomic E-state index is -0.245. The Hall–Kier alpha value is -2.86. The Morgan fingerprint density at radius 3 is 2.86 bits per heavy atom. The van der Waals surface area contributed by atoms with Crippen molar-refractivity contribution in [2.45, 2.75) is 32.4 Å². The van der Waals surface area contributed by atoms with E-state index in [2.05, 4.69) is 10.3 Å². The van der Waals surface area contributed by atoms with Crippen LogP contribution in [0.15, 0.2) is 53.9 Å². The van der Waals surface area contributed by atoms with Crippen molar-refractivity contribution in [3.8, 4) is 22.8 Å². The summed E-state index contributed by atoms with van der Waals surface area (Å²) in [4.78, 5) is 16.8. The zero-order valence-electron chi connectivity index (χ0n) is 15.9. The average molecular weight is 394 g/mol. The summed E-state index contributed by atoms with van der Waals surface area (Å²) in [5.74, 6) is 1.16. The van der Waals surface area contributed by atoms with E-state index in [4.69, 9.17) is 9.47 Å².